The van der Waals surface area contributed by atoms with E-state index in [0.717, 1.165) is 27.9 Å². The predicted molar refractivity (Wildman–Crippen MR) is 71.3 cm³/mol. The number of H-pyrrole nitrogens is 1. The van der Waals surface area contributed by atoms with Crippen LogP contribution >= 0.6 is 0 Å². The highest BCUT2D eigenvalue weighted by Gasteiger charge is 2.28. The van der Waals surface area contributed by atoms with Crippen LogP contribution in [0.2, 0.25) is 0 Å². The van der Waals surface area contributed by atoms with Gasteiger partial charge in [-0.2, -0.15) is 5.10 Å². The molecule has 0 atom stereocenters. The molecule has 19 heavy (non-hydrogen) atoms. The Morgan fingerprint density at radius 2 is 2.11 bits per heavy atom. The summed E-state index contributed by atoms with van der Waals surface area (Å²) in [6.07, 6.45) is 4.10. The number of hydrogen-bond acceptors (Lipinski definition) is 2. The smallest absolute Gasteiger partial charge is 0.123 e. The molecule has 1 aromatic carbocycles. The van der Waals surface area contributed by atoms with E-state index >= 15 is 0 Å². The second-order valence-electron chi connectivity index (χ2n) is 4.98. The fraction of sp³-hybridized carbons (Fsp3) is 0.200. The number of aromatic nitrogens is 3. The van der Waals surface area contributed by atoms with Crippen LogP contribution in [0.25, 0.3) is 22.2 Å². The number of aromatic amines is 1. The predicted octanol–water partition coefficient (Wildman–Crippen LogP) is 3.64. The number of rotatable bonds is 2. The van der Waals surface area contributed by atoms with Gasteiger partial charge in [-0.3, -0.25) is 10.1 Å². The van der Waals surface area contributed by atoms with Gasteiger partial charge in [0.05, 0.1) is 11.2 Å². The molecule has 0 radical (unpaired) electrons. The van der Waals surface area contributed by atoms with Crippen molar-refractivity contribution in [3.8, 4) is 11.3 Å². The Kier molecular flexibility index (Phi) is 2.18. The molecule has 1 fully saturated rings. The van der Waals surface area contributed by atoms with Gasteiger partial charge < -0.3 is 0 Å². The molecule has 2 heterocycles. The van der Waals surface area contributed by atoms with Gasteiger partial charge in [-0.1, -0.05) is 12.1 Å². The van der Waals surface area contributed by atoms with Gasteiger partial charge in [-0.15, -0.1) is 0 Å². The largest absolute Gasteiger partial charge is 0.281 e. The summed E-state index contributed by atoms with van der Waals surface area (Å²) in [4.78, 5) is 4.43. The zero-order valence-electron chi connectivity index (χ0n) is 10.2. The minimum absolute atomic E-state index is 0.243. The van der Waals surface area contributed by atoms with Gasteiger partial charge in [0.1, 0.15) is 5.82 Å². The Hall–Kier alpha value is -2.23. The lowest BCUT2D eigenvalue weighted by molar-refractivity contribution is 0.628. The first-order chi connectivity index (χ1) is 9.33. The first-order valence-corrected chi connectivity index (χ1v) is 6.42. The van der Waals surface area contributed by atoms with Crippen LogP contribution in [0, 0.1) is 5.82 Å². The molecule has 2 aromatic heterocycles. The topological polar surface area (TPSA) is 41.6 Å². The van der Waals surface area contributed by atoms with E-state index in [1.54, 1.807) is 12.3 Å². The molecule has 0 amide bonds. The number of halogens is 1. The van der Waals surface area contributed by atoms with E-state index in [9.17, 15) is 4.39 Å². The van der Waals surface area contributed by atoms with Crippen molar-refractivity contribution in [2.45, 2.75) is 18.8 Å². The minimum Gasteiger partial charge on any atom is -0.281 e. The molecule has 0 saturated heterocycles. The normalized spacial score (nSPS) is 15.0. The van der Waals surface area contributed by atoms with Gasteiger partial charge >= 0.3 is 0 Å². The highest BCUT2D eigenvalue weighted by atomic mass is 19.1. The van der Waals surface area contributed by atoms with Crippen molar-refractivity contribution in [2.75, 3.05) is 0 Å². The second kappa shape index (κ2) is 3.88. The van der Waals surface area contributed by atoms with E-state index in [0.29, 0.717) is 5.92 Å². The fourth-order valence-electron chi connectivity index (χ4n) is 2.51. The van der Waals surface area contributed by atoms with E-state index in [-0.39, 0.29) is 5.82 Å². The van der Waals surface area contributed by atoms with Crippen LogP contribution in [-0.2, 0) is 0 Å². The number of benzene rings is 1. The molecule has 0 bridgehead atoms. The number of nitrogens with one attached hydrogen (secondary N) is 1. The van der Waals surface area contributed by atoms with Crippen molar-refractivity contribution in [2.24, 2.45) is 0 Å². The van der Waals surface area contributed by atoms with Crippen LogP contribution in [0.5, 0.6) is 0 Å². The molecule has 3 nitrogen and oxygen atoms in total. The van der Waals surface area contributed by atoms with E-state index in [1.807, 2.05) is 12.1 Å². The summed E-state index contributed by atoms with van der Waals surface area (Å²) in [6.45, 7) is 0. The van der Waals surface area contributed by atoms with E-state index < -0.39 is 0 Å². The standard InChI is InChI=1S/C15H12FN3/c16-11-3-1-2-10(8-11)14-13-12(6-7-17-14)18-19-15(13)9-4-5-9/h1-3,6-9H,4-5H2,(H,18,19). The molecule has 1 saturated carbocycles. The van der Waals surface area contributed by atoms with E-state index in [1.165, 1.54) is 25.0 Å². The SMILES string of the molecule is Fc1cccc(-c2nccc3n[nH]c(C4CC4)c23)c1. The molecule has 94 valence electrons. The minimum atomic E-state index is -0.243. The van der Waals surface area contributed by atoms with E-state index in [2.05, 4.69) is 15.2 Å². The van der Waals surface area contributed by atoms with Crippen molar-refractivity contribution in [1.29, 1.82) is 0 Å². The maximum Gasteiger partial charge on any atom is 0.123 e. The Balaban J connectivity index is 2.00. The number of hydrogen-bond donors (Lipinski definition) is 1. The van der Waals surface area contributed by atoms with Crippen molar-refractivity contribution >= 4 is 10.9 Å². The lowest BCUT2D eigenvalue weighted by atomic mass is 10.0. The molecule has 0 unspecified atom stereocenters. The van der Waals surface area contributed by atoms with Gasteiger partial charge in [-0.05, 0) is 31.0 Å². The van der Waals surface area contributed by atoms with Crippen LogP contribution in [-0.4, -0.2) is 15.2 Å². The molecule has 0 spiro atoms. The van der Waals surface area contributed by atoms with Gasteiger partial charge in [0, 0.05) is 28.8 Å². The average Bonchev–Trinajstić information content (AvgIpc) is 3.18. The summed E-state index contributed by atoms with van der Waals surface area (Å²) in [5.41, 5.74) is 3.65. The van der Waals surface area contributed by atoms with Gasteiger partial charge in [0.15, 0.2) is 0 Å². The third-order valence-electron chi connectivity index (χ3n) is 3.58. The Morgan fingerprint density at radius 3 is 2.89 bits per heavy atom. The maximum atomic E-state index is 13.4. The molecule has 4 rings (SSSR count). The highest BCUT2D eigenvalue weighted by molar-refractivity contribution is 5.94. The summed E-state index contributed by atoms with van der Waals surface area (Å²) in [5, 5.41) is 8.48. The first-order valence-electron chi connectivity index (χ1n) is 6.42. The van der Waals surface area contributed by atoms with Crippen LogP contribution in [0.1, 0.15) is 24.5 Å². The van der Waals surface area contributed by atoms with Gasteiger partial charge in [0.2, 0.25) is 0 Å². The van der Waals surface area contributed by atoms with Crippen molar-refractivity contribution in [3.05, 3.63) is 48.0 Å². The highest BCUT2D eigenvalue weighted by Crippen LogP contribution is 2.43. The summed E-state index contributed by atoms with van der Waals surface area (Å²) in [7, 11) is 0. The van der Waals surface area contributed by atoms with Crippen LogP contribution in [0.15, 0.2) is 36.5 Å². The molecule has 3 aromatic rings. The van der Waals surface area contributed by atoms with Crippen molar-refractivity contribution in [3.63, 3.8) is 0 Å². The fourth-order valence-corrected chi connectivity index (χ4v) is 2.51. The molecule has 1 aliphatic rings. The number of nitrogens with zero attached hydrogens (tertiary/aromatic N) is 2. The Morgan fingerprint density at radius 1 is 1.21 bits per heavy atom. The second-order valence-corrected chi connectivity index (χ2v) is 4.98. The molecular weight excluding hydrogens is 241 g/mol. The Labute approximate surface area is 109 Å². The third kappa shape index (κ3) is 1.71. The number of fused-ring (bicyclic) bond motifs is 1. The summed E-state index contributed by atoms with van der Waals surface area (Å²) >= 11 is 0. The zero-order valence-corrected chi connectivity index (χ0v) is 10.2. The molecule has 1 aliphatic carbocycles. The van der Waals surface area contributed by atoms with Crippen LogP contribution in [0.3, 0.4) is 0 Å². The summed E-state index contributed by atoms with van der Waals surface area (Å²) < 4.78 is 13.4. The van der Waals surface area contributed by atoms with Crippen molar-refractivity contribution < 1.29 is 4.39 Å². The number of pyridine rings is 1. The molecular formula is C15H12FN3. The summed E-state index contributed by atoms with van der Waals surface area (Å²) in [5.74, 6) is 0.314. The van der Waals surface area contributed by atoms with Gasteiger partial charge in [0.25, 0.3) is 0 Å². The molecule has 0 aliphatic heterocycles. The Bertz CT molecular complexity index is 759. The molecule has 4 heteroatoms. The lowest BCUT2D eigenvalue weighted by Gasteiger charge is -2.04. The van der Waals surface area contributed by atoms with Crippen LogP contribution < -0.4 is 0 Å². The monoisotopic (exact) mass is 253 g/mol. The summed E-state index contributed by atoms with van der Waals surface area (Å²) in [6, 6.07) is 8.45. The van der Waals surface area contributed by atoms with Crippen molar-refractivity contribution in [1.82, 2.24) is 15.2 Å². The van der Waals surface area contributed by atoms with Crippen LogP contribution in [0.4, 0.5) is 4.39 Å². The maximum absolute atomic E-state index is 13.4. The molecule has 1 N–H and O–H groups in total. The zero-order chi connectivity index (χ0) is 12.8. The lowest BCUT2D eigenvalue weighted by Crippen LogP contribution is -1.88. The van der Waals surface area contributed by atoms with E-state index in [4.69, 9.17) is 0 Å². The average molecular weight is 253 g/mol. The van der Waals surface area contributed by atoms with Gasteiger partial charge in [-0.25, -0.2) is 4.39 Å². The first kappa shape index (κ1) is 10.7. The third-order valence-corrected chi connectivity index (χ3v) is 3.58. The quantitative estimate of drug-likeness (QED) is 0.757.